The van der Waals surface area contributed by atoms with E-state index in [1.807, 2.05) is 26.8 Å². The number of nitrogens with zero attached hydrogens (tertiary/aromatic N) is 1. The summed E-state index contributed by atoms with van der Waals surface area (Å²) < 4.78 is 39.4. The molecule has 2 fully saturated rings. The highest BCUT2D eigenvalue weighted by Gasteiger charge is 2.65. The number of likely N-dealkylation sites (tertiary alicyclic amines) is 1. The standard InChI is InChI=1S/C26H27F3N2O3/c1-24(2)19-12-13-25(24,3)23(34)31(22(19)33)20(14-16-8-5-4-6-9-16)21(32)30-18-11-7-10-17(15-18)26(27,28)29/h4-11,15,19-20H,12-14H2,1-3H3,(H,30,32). The fourth-order valence-electron chi connectivity index (χ4n) is 5.28. The van der Waals surface area contributed by atoms with Crippen LogP contribution in [0.1, 0.15) is 44.7 Å². The monoisotopic (exact) mass is 472 g/mol. The van der Waals surface area contributed by atoms with Gasteiger partial charge in [0.1, 0.15) is 6.04 Å². The molecule has 2 bridgehead atoms. The number of fused-ring (bicyclic) bond motifs is 2. The Hall–Kier alpha value is -3.16. The third-order valence-corrected chi connectivity index (χ3v) is 7.80. The molecule has 0 spiro atoms. The van der Waals surface area contributed by atoms with E-state index in [-0.39, 0.29) is 12.1 Å². The van der Waals surface area contributed by atoms with Gasteiger partial charge in [-0.2, -0.15) is 13.2 Å². The summed E-state index contributed by atoms with van der Waals surface area (Å²) in [6, 6.07) is 12.0. The van der Waals surface area contributed by atoms with Crippen LogP contribution in [-0.4, -0.2) is 28.7 Å². The van der Waals surface area contributed by atoms with Crippen LogP contribution >= 0.6 is 0 Å². The minimum absolute atomic E-state index is 0.0516. The van der Waals surface area contributed by atoms with Gasteiger partial charge in [-0.25, -0.2) is 0 Å². The Morgan fingerprint density at radius 3 is 2.41 bits per heavy atom. The highest BCUT2D eigenvalue weighted by atomic mass is 19.4. The number of hydrogen-bond donors (Lipinski definition) is 1. The van der Waals surface area contributed by atoms with E-state index in [9.17, 15) is 27.6 Å². The van der Waals surface area contributed by atoms with Crippen molar-refractivity contribution in [3.8, 4) is 0 Å². The maximum absolute atomic E-state index is 13.7. The summed E-state index contributed by atoms with van der Waals surface area (Å²) >= 11 is 0. The molecule has 1 heterocycles. The summed E-state index contributed by atoms with van der Waals surface area (Å²) in [6.07, 6.45) is -3.41. The van der Waals surface area contributed by atoms with Gasteiger partial charge in [0.25, 0.3) is 0 Å². The van der Waals surface area contributed by atoms with E-state index in [1.54, 1.807) is 24.3 Å². The van der Waals surface area contributed by atoms with Gasteiger partial charge in [-0.05, 0) is 42.0 Å². The second-order valence-corrected chi connectivity index (χ2v) is 9.93. The summed E-state index contributed by atoms with van der Waals surface area (Å²) in [5.41, 5.74) is -1.58. The quantitative estimate of drug-likeness (QED) is 0.618. The van der Waals surface area contributed by atoms with Gasteiger partial charge in [-0.3, -0.25) is 19.3 Å². The molecule has 2 aliphatic rings. The van der Waals surface area contributed by atoms with Crippen molar-refractivity contribution in [2.75, 3.05) is 5.32 Å². The normalized spacial score (nSPS) is 24.8. The van der Waals surface area contributed by atoms with E-state index < -0.39 is 52.3 Å². The number of imide groups is 1. The lowest BCUT2D eigenvalue weighted by atomic mass is 9.62. The van der Waals surface area contributed by atoms with Crippen molar-refractivity contribution in [3.05, 3.63) is 65.7 Å². The molecule has 1 saturated carbocycles. The number of halogens is 3. The van der Waals surface area contributed by atoms with Gasteiger partial charge in [-0.15, -0.1) is 0 Å². The lowest BCUT2D eigenvalue weighted by molar-refractivity contribution is -0.172. The van der Waals surface area contributed by atoms with Gasteiger partial charge in [0.05, 0.1) is 11.0 Å². The molecule has 0 radical (unpaired) electrons. The van der Waals surface area contributed by atoms with Crippen molar-refractivity contribution in [2.45, 2.75) is 52.3 Å². The lowest BCUT2D eigenvalue weighted by Gasteiger charge is -2.49. The SMILES string of the molecule is CC12CCC(C(=O)N(C(Cc3ccccc3)C(=O)Nc3cccc(C(F)(F)F)c3)C1=O)C2(C)C. The molecule has 34 heavy (non-hydrogen) atoms. The van der Waals surface area contributed by atoms with Crippen molar-refractivity contribution in [2.24, 2.45) is 16.7 Å². The highest BCUT2D eigenvalue weighted by molar-refractivity contribution is 6.09. The van der Waals surface area contributed by atoms with E-state index in [0.29, 0.717) is 12.8 Å². The Morgan fingerprint density at radius 1 is 1.09 bits per heavy atom. The zero-order valence-corrected chi connectivity index (χ0v) is 19.3. The van der Waals surface area contributed by atoms with Gasteiger partial charge in [0.2, 0.25) is 17.7 Å². The van der Waals surface area contributed by atoms with Crippen LogP contribution in [0.3, 0.4) is 0 Å². The number of carbonyl (C=O) groups excluding carboxylic acids is 3. The molecule has 5 nitrogen and oxygen atoms in total. The number of nitrogens with one attached hydrogen (secondary N) is 1. The molecule has 8 heteroatoms. The van der Waals surface area contributed by atoms with Crippen molar-refractivity contribution in [1.82, 2.24) is 4.90 Å². The summed E-state index contributed by atoms with van der Waals surface area (Å²) in [6.45, 7) is 5.65. The first kappa shape index (κ1) is 24.0. The molecule has 4 rings (SSSR count). The molecular weight excluding hydrogens is 445 g/mol. The first-order chi connectivity index (χ1) is 15.9. The average Bonchev–Trinajstić information content (AvgIpc) is 2.96. The minimum atomic E-state index is -4.57. The van der Waals surface area contributed by atoms with Crippen LogP contribution in [0.25, 0.3) is 0 Å². The Labute approximate surface area is 196 Å². The smallest absolute Gasteiger partial charge is 0.324 e. The molecule has 1 N–H and O–H groups in total. The van der Waals surface area contributed by atoms with Gasteiger partial charge in [0.15, 0.2) is 0 Å². The number of benzene rings is 2. The fourth-order valence-corrected chi connectivity index (χ4v) is 5.28. The molecule has 180 valence electrons. The predicted octanol–water partition coefficient (Wildman–Crippen LogP) is 5.07. The Kier molecular flexibility index (Phi) is 5.82. The fraction of sp³-hybridized carbons (Fsp3) is 0.423. The van der Waals surface area contributed by atoms with Gasteiger partial charge in [0, 0.05) is 18.0 Å². The number of alkyl halides is 3. The maximum Gasteiger partial charge on any atom is 0.416 e. The number of anilines is 1. The second-order valence-electron chi connectivity index (χ2n) is 9.93. The van der Waals surface area contributed by atoms with Gasteiger partial charge in [-0.1, -0.05) is 57.2 Å². The highest BCUT2D eigenvalue weighted by Crippen LogP contribution is 2.60. The van der Waals surface area contributed by atoms with Crippen LogP contribution < -0.4 is 5.32 Å². The second kappa shape index (κ2) is 8.25. The zero-order valence-electron chi connectivity index (χ0n) is 19.3. The molecular formula is C26H27F3N2O3. The Bertz CT molecular complexity index is 1130. The van der Waals surface area contributed by atoms with Crippen LogP contribution in [0.15, 0.2) is 54.6 Å². The van der Waals surface area contributed by atoms with Gasteiger partial charge < -0.3 is 5.32 Å². The first-order valence-corrected chi connectivity index (χ1v) is 11.3. The van der Waals surface area contributed by atoms with Crippen LogP contribution in [0.2, 0.25) is 0 Å². The third kappa shape index (κ3) is 3.89. The molecule has 2 aromatic carbocycles. The maximum atomic E-state index is 13.7. The van der Waals surface area contributed by atoms with Crippen LogP contribution in [0.4, 0.5) is 18.9 Å². The van der Waals surface area contributed by atoms with E-state index in [0.717, 1.165) is 22.6 Å². The summed E-state index contributed by atoms with van der Waals surface area (Å²) in [5, 5.41) is 2.51. The zero-order chi connectivity index (χ0) is 24.9. The predicted molar refractivity (Wildman–Crippen MR) is 120 cm³/mol. The van der Waals surface area contributed by atoms with E-state index >= 15 is 0 Å². The lowest BCUT2D eigenvalue weighted by Crippen LogP contribution is -2.64. The minimum Gasteiger partial charge on any atom is -0.324 e. The molecule has 3 atom stereocenters. The number of hydrogen-bond acceptors (Lipinski definition) is 3. The molecule has 1 aliphatic carbocycles. The number of rotatable bonds is 5. The molecule has 1 saturated heterocycles. The van der Waals surface area contributed by atoms with Gasteiger partial charge >= 0.3 is 6.18 Å². The van der Waals surface area contributed by atoms with Crippen molar-refractivity contribution >= 4 is 23.4 Å². The summed E-state index contributed by atoms with van der Waals surface area (Å²) in [7, 11) is 0. The molecule has 1 aliphatic heterocycles. The first-order valence-electron chi connectivity index (χ1n) is 11.3. The molecule has 2 aromatic rings. The number of amides is 3. The summed E-state index contributed by atoms with van der Waals surface area (Å²) in [5.74, 6) is -1.91. The molecule has 0 aromatic heterocycles. The van der Waals surface area contributed by atoms with Crippen molar-refractivity contribution < 1.29 is 27.6 Å². The van der Waals surface area contributed by atoms with E-state index in [1.165, 1.54) is 12.1 Å². The molecule has 3 unspecified atom stereocenters. The Morgan fingerprint density at radius 2 is 1.76 bits per heavy atom. The van der Waals surface area contributed by atoms with E-state index in [2.05, 4.69) is 5.32 Å². The average molecular weight is 473 g/mol. The van der Waals surface area contributed by atoms with Crippen LogP contribution in [0, 0.1) is 16.7 Å². The van der Waals surface area contributed by atoms with Crippen molar-refractivity contribution in [1.29, 1.82) is 0 Å². The topological polar surface area (TPSA) is 66.5 Å². The largest absolute Gasteiger partial charge is 0.416 e. The number of piperidine rings is 1. The van der Waals surface area contributed by atoms with Crippen LogP contribution in [-0.2, 0) is 27.0 Å². The Balaban J connectivity index is 1.70. The van der Waals surface area contributed by atoms with Crippen molar-refractivity contribution in [3.63, 3.8) is 0 Å². The summed E-state index contributed by atoms with van der Waals surface area (Å²) in [4.78, 5) is 41.7. The third-order valence-electron chi connectivity index (χ3n) is 7.80. The van der Waals surface area contributed by atoms with E-state index in [4.69, 9.17) is 0 Å². The van der Waals surface area contributed by atoms with Crippen LogP contribution in [0.5, 0.6) is 0 Å². The molecule has 3 amide bonds. The number of carbonyl (C=O) groups is 3.